The number of sulfonamides is 1. The summed E-state index contributed by atoms with van der Waals surface area (Å²) in [5, 5.41) is 0. The second-order valence-corrected chi connectivity index (χ2v) is 10.7. The molecule has 2 aliphatic heterocycles. The molecule has 1 aromatic carbocycles. The van der Waals surface area contributed by atoms with Gasteiger partial charge in [0.15, 0.2) is 0 Å². The van der Waals surface area contributed by atoms with Crippen molar-refractivity contribution in [2.75, 3.05) is 33.1 Å². The molecule has 8 nitrogen and oxygen atoms in total. The minimum atomic E-state index is -3.48. The fraction of sp³-hybridized carbons (Fsp3) is 0.556. The number of esters is 1. The van der Waals surface area contributed by atoms with E-state index >= 15 is 0 Å². The Morgan fingerprint density at radius 2 is 1.96 bits per heavy atom. The Balaban J connectivity index is 1.47. The summed E-state index contributed by atoms with van der Waals surface area (Å²) in [7, 11) is -0.547. The molecule has 28 heavy (non-hydrogen) atoms. The van der Waals surface area contributed by atoms with Crippen molar-refractivity contribution < 1.29 is 27.5 Å². The largest absolute Gasteiger partial charge is 0.490 e. The molecule has 154 valence electrons. The standard InChI is InChI=1S/C18H24N2O6S2/c1-18-9-8-16(21)20(18)15(12-27-18)17(22)26-11-10-25-13-4-6-14(7-5-13)28(23,24)19(2)3/h4-7,15H,8-12H2,1-3H3/t15-,18+/m1/s1. The number of ether oxygens (including phenoxy) is 2. The molecule has 2 fully saturated rings. The Morgan fingerprint density at radius 3 is 2.61 bits per heavy atom. The van der Waals surface area contributed by atoms with Crippen LogP contribution in [-0.2, 0) is 24.3 Å². The molecule has 3 rings (SSSR count). The summed E-state index contributed by atoms with van der Waals surface area (Å²) in [6.45, 7) is 2.17. The molecule has 2 aliphatic rings. The number of amides is 1. The normalized spacial score (nSPS) is 24.5. The van der Waals surface area contributed by atoms with E-state index < -0.39 is 22.0 Å². The zero-order valence-corrected chi connectivity index (χ0v) is 17.7. The lowest BCUT2D eigenvalue weighted by atomic mass is 10.2. The first-order valence-corrected chi connectivity index (χ1v) is 11.4. The first kappa shape index (κ1) is 20.9. The summed E-state index contributed by atoms with van der Waals surface area (Å²) in [5.41, 5.74) is 0. The number of benzene rings is 1. The van der Waals surface area contributed by atoms with Gasteiger partial charge in [-0.3, -0.25) is 4.79 Å². The van der Waals surface area contributed by atoms with Crippen LogP contribution in [0.15, 0.2) is 29.2 Å². The number of hydrogen-bond donors (Lipinski definition) is 0. The van der Waals surface area contributed by atoms with Crippen LogP contribution in [0.2, 0.25) is 0 Å². The first-order valence-electron chi connectivity index (χ1n) is 8.93. The van der Waals surface area contributed by atoms with E-state index in [2.05, 4.69) is 0 Å². The maximum Gasteiger partial charge on any atom is 0.329 e. The predicted molar refractivity (Wildman–Crippen MR) is 104 cm³/mol. The molecule has 0 bridgehead atoms. The number of carbonyl (C=O) groups is 2. The number of carbonyl (C=O) groups excluding carboxylic acids is 2. The highest BCUT2D eigenvalue weighted by Gasteiger charge is 2.53. The zero-order chi connectivity index (χ0) is 20.5. The third-order valence-corrected chi connectivity index (χ3v) is 8.25. The third kappa shape index (κ3) is 3.99. The van der Waals surface area contributed by atoms with Crippen molar-refractivity contribution in [3.8, 4) is 5.75 Å². The van der Waals surface area contributed by atoms with Gasteiger partial charge in [-0.25, -0.2) is 17.5 Å². The molecule has 0 spiro atoms. The molecule has 1 amide bonds. The molecule has 0 unspecified atom stereocenters. The van der Waals surface area contributed by atoms with Crippen LogP contribution >= 0.6 is 11.8 Å². The Labute approximate surface area is 169 Å². The summed E-state index contributed by atoms with van der Waals surface area (Å²) in [5.74, 6) is 0.609. The van der Waals surface area contributed by atoms with Gasteiger partial charge in [0.05, 0.1) is 9.77 Å². The Kier molecular flexibility index (Phi) is 5.92. The van der Waals surface area contributed by atoms with Gasteiger partial charge in [0, 0.05) is 26.3 Å². The maximum atomic E-state index is 12.3. The summed E-state index contributed by atoms with van der Waals surface area (Å²) in [6, 6.07) is 5.50. The topological polar surface area (TPSA) is 93.2 Å². The number of fused-ring (bicyclic) bond motifs is 1. The van der Waals surface area contributed by atoms with Crippen LogP contribution < -0.4 is 4.74 Å². The van der Waals surface area contributed by atoms with Gasteiger partial charge in [-0.05, 0) is 37.6 Å². The van der Waals surface area contributed by atoms with Crippen molar-refractivity contribution in [3.05, 3.63) is 24.3 Å². The number of rotatable bonds is 7. The van der Waals surface area contributed by atoms with E-state index in [0.717, 1.165) is 10.7 Å². The molecule has 2 saturated heterocycles. The quantitative estimate of drug-likeness (QED) is 0.477. The van der Waals surface area contributed by atoms with Crippen LogP contribution in [0.5, 0.6) is 5.75 Å². The van der Waals surface area contributed by atoms with E-state index in [1.807, 2.05) is 6.92 Å². The van der Waals surface area contributed by atoms with Gasteiger partial charge in [0.25, 0.3) is 0 Å². The molecule has 1 aromatic rings. The van der Waals surface area contributed by atoms with Crippen LogP contribution in [0, 0.1) is 0 Å². The second-order valence-electron chi connectivity index (χ2n) is 7.04. The van der Waals surface area contributed by atoms with Crippen LogP contribution in [0.3, 0.4) is 0 Å². The SMILES string of the molecule is CN(C)S(=O)(=O)c1ccc(OCCOC(=O)[C@H]2CS[C@@]3(C)CCC(=O)N23)cc1. The molecule has 10 heteroatoms. The second kappa shape index (κ2) is 7.92. The third-order valence-electron chi connectivity index (χ3n) is 4.92. The lowest BCUT2D eigenvalue weighted by Gasteiger charge is -2.29. The van der Waals surface area contributed by atoms with Gasteiger partial charge in [-0.1, -0.05) is 0 Å². The number of thioether (sulfide) groups is 1. The highest BCUT2D eigenvalue weighted by molar-refractivity contribution is 8.01. The van der Waals surface area contributed by atoms with Gasteiger partial charge >= 0.3 is 5.97 Å². The molecule has 2 heterocycles. The zero-order valence-electron chi connectivity index (χ0n) is 16.1. The van der Waals surface area contributed by atoms with E-state index in [1.54, 1.807) is 28.8 Å². The van der Waals surface area contributed by atoms with Gasteiger partial charge in [0.2, 0.25) is 15.9 Å². The summed E-state index contributed by atoms with van der Waals surface area (Å²) in [6.07, 6.45) is 1.22. The summed E-state index contributed by atoms with van der Waals surface area (Å²) in [4.78, 5) is 25.9. The van der Waals surface area contributed by atoms with E-state index in [9.17, 15) is 18.0 Å². The summed E-state index contributed by atoms with van der Waals surface area (Å²) < 4.78 is 36.0. The van der Waals surface area contributed by atoms with E-state index in [0.29, 0.717) is 17.9 Å². The Bertz CT molecular complexity index is 855. The Hall–Kier alpha value is -1.78. The van der Waals surface area contributed by atoms with Crippen LogP contribution in [0.4, 0.5) is 0 Å². The van der Waals surface area contributed by atoms with Gasteiger partial charge in [-0.15, -0.1) is 11.8 Å². The molecule has 0 aromatic heterocycles. The molecule has 0 N–H and O–H groups in total. The number of nitrogens with zero attached hydrogens (tertiary/aromatic N) is 2. The highest BCUT2D eigenvalue weighted by Crippen LogP contribution is 2.47. The summed E-state index contributed by atoms with van der Waals surface area (Å²) >= 11 is 1.62. The monoisotopic (exact) mass is 428 g/mol. The van der Waals surface area contributed by atoms with Crippen molar-refractivity contribution in [3.63, 3.8) is 0 Å². The molecule has 0 aliphatic carbocycles. The molecule has 0 saturated carbocycles. The fourth-order valence-corrected chi connectivity index (χ4v) is 5.63. The highest BCUT2D eigenvalue weighted by atomic mass is 32.2. The molecule has 2 atom stereocenters. The maximum absolute atomic E-state index is 12.3. The molecular weight excluding hydrogens is 404 g/mol. The van der Waals surface area contributed by atoms with Crippen LogP contribution in [0.1, 0.15) is 19.8 Å². The van der Waals surface area contributed by atoms with Crippen molar-refractivity contribution in [2.24, 2.45) is 0 Å². The average Bonchev–Trinajstić information content (AvgIpc) is 3.15. The van der Waals surface area contributed by atoms with E-state index in [-0.39, 0.29) is 28.9 Å². The van der Waals surface area contributed by atoms with Crippen molar-refractivity contribution in [1.29, 1.82) is 0 Å². The van der Waals surface area contributed by atoms with Gasteiger partial charge in [-0.2, -0.15) is 0 Å². The minimum absolute atomic E-state index is 0.00142. The minimum Gasteiger partial charge on any atom is -0.490 e. The lowest BCUT2D eigenvalue weighted by Crippen LogP contribution is -2.46. The van der Waals surface area contributed by atoms with E-state index in [4.69, 9.17) is 9.47 Å². The molecular formula is C18H24N2O6S2. The number of hydrogen-bond acceptors (Lipinski definition) is 7. The van der Waals surface area contributed by atoms with Gasteiger partial charge < -0.3 is 14.4 Å². The van der Waals surface area contributed by atoms with Crippen molar-refractivity contribution in [1.82, 2.24) is 9.21 Å². The first-order chi connectivity index (χ1) is 13.1. The Morgan fingerprint density at radius 1 is 1.29 bits per heavy atom. The van der Waals surface area contributed by atoms with Crippen LogP contribution in [-0.4, -0.2) is 73.5 Å². The average molecular weight is 429 g/mol. The van der Waals surface area contributed by atoms with Crippen LogP contribution in [0.25, 0.3) is 0 Å². The van der Waals surface area contributed by atoms with E-state index in [1.165, 1.54) is 26.2 Å². The molecule has 0 radical (unpaired) electrons. The van der Waals surface area contributed by atoms with Gasteiger partial charge in [0.1, 0.15) is 25.0 Å². The van der Waals surface area contributed by atoms with Crippen molar-refractivity contribution in [2.45, 2.75) is 35.6 Å². The predicted octanol–water partition coefficient (Wildman–Crippen LogP) is 1.31. The lowest BCUT2D eigenvalue weighted by molar-refractivity contribution is -0.154. The smallest absolute Gasteiger partial charge is 0.329 e. The van der Waals surface area contributed by atoms with Crippen molar-refractivity contribution >= 4 is 33.7 Å². The fourth-order valence-electron chi connectivity index (χ4n) is 3.31.